The second-order valence-corrected chi connectivity index (χ2v) is 10.8. The van der Waals surface area contributed by atoms with Gasteiger partial charge in [-0.3, -0.25) is 14.4 Å². The van der Waals surface area contributed by atoms with E-state index in [4.69, 9.17) is 18.9 Å². The average molecular weight is 579 g/mol. The maximum Gasteiger partial charge on any atom is 0.299 e. The fourth-order valence-electron chi connectivity index (χ4n) is 6.31. The van der Waals surface area contributed by atoms with Gasteiger partial charge in [-0.15, -0.1) is 0 Å². The van der Waals surface area contributed by atoms with Crippen LogP contribution in [0.1, 0.15) is 43.6 Å². The Hall–Kier alpha value is -4.31. The van der Waals surface area contributed by atoms with E-state index < -0.39 is 34.5 Å². The number of carbonyl (C=O) groups is 3. The van der Waals surface area contributed by atoms with E-state index in [0.29, 0.717) is 11.1 Å². The topological polar surface area (TPSA) is 108 Å². The van der Waals surface area contributed by atoms with Crippen molar-refractivity contribution in [2.24, 2.45) is 0 Å². The molecule has 2 aliphatic rings. The molecule has 43 heavy (non-hydrogen) atoms. The molecule has 1 atom stereocenters. The highest BCUT2D eigenvalue weighted by Gasteiger charge is 2.62. The van der Waals surface area contributed by atoms with Gasteiger partial charge in [-0.2, -0.15) is 0 Å². The monoisotopic (exact) mass is 578 g/mol. The Kier molecular flexibility index (Phi) is 6.80. The Morgan fingerprint density at radius 2 is 0.884 bits per heavy atom. The quantitative estimate of drug-likeness (QED) is 0.228. The molecule has 4 aromatic rings. The first-order chi connectivity index (χ1) is 20.6. The molecule has 0 radical (unpaired) electrons. The van der Waals surface area contributed by atoms with Crippen LogP contribution >= 0.6 is 0 Å². The Labute approximate surface area is 248 Å². The fraction of sp³-hybridized carbons (Fsp3) is 0.229. The molecule has 0 aliphatic heterocycles. The standard InChI is InChI=1S/C35H30O8/c1-33(39)29-17-15-25(19-28(29)32(38)35(33,42-4)43-5)23-12-8-21(9-13-23)20-6-10-22(11-7-20)24-14-16-26-27(18-24)31(37)34(40-2,41-3)30(26)36/h6-19,39H,1-5H3. The third kappa shape index (κ3) is 3.92. The third-order valence-corrected chi connectivity index (χ3v) is 8.75. The van der Waals surface area contributed by atoms with E-state index in [0.717, 1.165) is 33.4 Å². The highest BCUT2D eigenvalue weighted by atomic mass is 16.7. The minimum absolute atomic E-state index is 0.276. The predicted octanol–water partition coefficient (Wildman–Crippen LogP) is 5.45. The number of aliphatic hydroxyl groups is 1. The molecule has 0 fully saturated rings. The summed E-state index contributed by atoms with van der Waals surface area (Å²) in [6.45, 7) is 1.52. The van der Waals surface area contributed by atoms with E-state index >= 15 is 0 Å². The van der Waals surface area contributed by atoms with Gasteiger partial charge in [0.25, 0.3) is 11.6 Å². The lowest BCUT2D eigenvalue weighted by atomic mass is 9.92. The second-order valence-electron chi connectivity index (χ2n) is 10.8. The van der Waals surface area contributed by atoms with Crippen molar-refractivity contribution < 1.29 is 38.4 Å². The van der Waals surface area contributed by atoms with Crippen molar-refractivity contribution in [3.63, 3.8) is 0 Å². The van der Waals surface area contributed by atoms with E-state index in [2.05, 4.69) is 0 Å². The maximum absolute atomic E-state index is 13.2. The van der Waals surface area contributed by atoms with Gasteiger partial charge in [-0.25, -0.2) is 0 Å². The van der Waals surface area contributed by atoms with E-state index in [1.54, 1.807) is 30.3 Å². The lowest BCUT2D eigenvalue weighted by molar-refractivity contribution is -0.260. The Bertz CT molecular complexity index is 1780. The van der Waals surface area contributed by atoms with E-state index in [9.17, 15) is 19.5 Å². The number of ketones is 3. The molecule has 8 nitrogen and oxygen atoms in total. The second kappa shape index (κ2) is 10.2. The molecule has 0 saturated heterocycles. The van der Waals surface area contributed by atoms with Crippen molar-refractivity contribution in [3.05, 3.63) is 107 Å². The molecule has 0 saturated carbocycles. The van der Waals surface area contributed by atoms with Crippen LogP contribution in [-0.4, -0.2) is 62.5 Å². The van der Waals surface area contributed by atoms with Crippen LogP contribution in [0.15, 0.2) is 84.9 Å². The molecule has 4 aromatic carbocycles. The van der Waals surface area contributed by atoms with Gasteiger partial charge in [0.15, 0.2) is 0 Å². The number of rotatable bonds is 7. The molecule has 1 unspecified atom stereocenters. The molecule has 0 aromatic heterocycles. The smallest absolute Gasteiger partial charge is 0.299 e. The van der Waals surface area contributed by atoms with Crippen LogP contribution in [0.3, 0.4) is 0 Å². The third-order valence-electron chi connectivity index (χ3n) is 8.75. The van der Waals surface area contributed by atoms with Gasteiger partial charge in [0.05, 0.1) is 0 Å². The highest BCUT2D eigenvalue weighted by Crippen LogP contribution is 2.47. The van der Waals surface area contributed by atoms with Gasteiger partial charge >= 0.3 is 0 Å². The molecule has 0 amide bonds. The Balaban J connectivity index is 1.25. The molecule has 8 heteroatoms. The number of hydrogen-bond donors (Lipinski definition) is 1. The first-order valence-corrected chi connectivity index (χ1v) is 13.7. The van der Waals surface area contributed by atoms with Crippen molar-refractivity contribution >= 4 is 17.3 Å². The summed E-state index contributed by atoms with van der Waals surface area (Å²) in [6, 6.07) is 26.3. The largest absolute Gasteiger partial charge is 0.379 e. The first kappa shape index (κ1) is 28.8. The summed E-state index contributed by atoms with van der Waals surface area (Å²) >= 11 is 0. The van der Waals surface area contributed by atoms with E-state index in [1.165, 1.54) is 35.4 Å². The van der Waals surface area contributed by atoms with Crippen LogP contribution in [-0.2, 0) is 24.5 Å². The number of carbonyl (C=O) groups excluding carboxylic acids is 3. The zero-order valence-electron chi connectivity index (χ0n) is 24.4. The predicted molar refractivity (Wildman–Crippen MR) is 159 cm³/mol. The number of methoxy groups -OCH3 is 4. The van der Waals surface area contributed by atoms with Crippen LogP contribution in [0.5, 0.6) is 0 Å². The summed E-state index contributed by atoms with van der Waals surface area (Å²) in [4.78, 5) is 39.0. The lowest BCUT2D eigenvalue weighted by Crippen LogP contribution is -2.53. The van der Waals surface area contributed by atoms with Gasteiger partial charge in [-0.05, 0) is 58.5 Å². The Morgan fingerprint density at radius 3 is 1.35 bits per heavy atom. The normalized spacial score (nSPS) is 19.9. The number of Topliss-reactive ketones (excluding diaryl/α,β-unsaturated/α-hetero) is 3. The minimum Gasteiger partial charge on any atom is -0.379 e. The van der Waals surface area contributed by atoms with Crippen molar-refractivity contribution in [1.82, 2.24) is 0 Å². The summed E-state index contributed by atoms with van der Waals surface area (Å²) in [5.41, 5.74) is 5.13. The zero-order valence-corrected chi connectivity index (χ0v) is 24.4. The molecule has 218 valence electrons. The SMILES string of the molecule is COC1(OC)C(=O)c2ccc(-c3ccc(-c4ccc(-c5ccc6c(c5)C(=O)C(OC)(OC)C6(C)O)cc4)cc3)cc2C1=O. The maximum atomic E-state index is 13.2. The van der Waals surface area contributed by atoms with Crippen molar-refractivity contribution in [2.45, 2.75) is 24.1 Å². The van der Waals surface area contributed by atoms with Crippen LogP contribution in [0.4, 0.5) is 0 Å². The van der Waals surface area contributed by atoms with Gasteiger partial charge in [0.1, 0.15) is 5.60 Å². The molecule has 6 rings (SSSR count). The van der Waals surface area contributed by atoms with Gasteiger partial charge in [0.2, 0.25) is 17.3 Å². The molecule has 0 spiro atoms. The molecule has 2 aliphatic carbocycles. The van der Waals surface area contributed by atoms with Crippen LogP contribution < -0.4 is 0 Å². The van der Waals surface area contributed by atoms with Crippen LogP contribution in [0.2, 0.25) is 0 Å². The first-order valence-electron chi connectivity index (χ1n) is 13.7. The molecular weight excluding hydrogens is 548 g/mol. The number of benzene rings is 4. The number of ether oxygens (including phenoxy) is 4. The van der Waals surface area contributed by atoms with E-state index in [1.807, 2.05) is 54.6 Å². The van der Waals surface area contributed by atoms with Crippen LogP contribution in [0, 0.1) is 0 Å². The Morgan fingerprint density at radius 1 is 0.488 bits per heavy atom. The summed E-state index contributed by atoms with van der Waals surface area (Å²) in [6.07, 6.45) is 0. The van der Waals surface area contributed by atoms with Gasteiger partial charge in [0, 0.05) is 50.7 Å². The summed E-state index contributed by atoms with van der Waals surface area (Å²) in [5.74, 6) is -5.16. The van der Waals surface area contributed by atoms with Crippen molar-refractivity contribution in [2.75, 3.05) is 28.4 Å². The van der Waals surface area contributed by atoms with Crippen molar-refractivity contribution in [3.8, 4) is 33.4 Å². The summed E-state index contributed by atoms with van der Waals surface area (Å²) in [7, 11) is 5.25. The van der Waals surface area contributed by atoms with Gasteiger partial charge in [-0.1, -0.05) is 66.7 Å². The number of fused-ring (bicyclic) bond motifs is 2. The lowest BCUT2D eigenvalue weighted by Gasteiger charge is -2.35. The minimum atomic E-state index is -1.93. The van der Waals surface area contributed by atoms with Crippen LogP contribution in [0.25, 0.3) is 33.4 Å². The summed E-state index contributed by atoms with van der Waals surface area (Å²) in [5, 5.41) is 11.1. The molecule has 1 N–H and O–H groups in total. The highest BCUT2D eigenvalue weighted by molar-refractivity contribution is 6.31. The van der Waals surface area contributed by atoms with E-state index in [-0.39, 0.29) is 11.1 Å². The number of hydrogen-bond acceptors (Lipinski definition) is 8. The zero-order chi connectivity index (χ0) is 30.7. The van der Waals surface area contributed by atoms with Crippen molar-refractivity contribution in [1.29, 1.82) is 0 Å². The fourth-order valence-corrected chi connectivity index (χ4v) is 6.31. The average Bonchev–Trinajstić information content (AvgIpc) is 3.36. The summed E-state index contributed by atoms with van der Waals surface area (Å²) < 4.78 is 21.2. The molecule has 0 heterocycles. The molecule has 0 bridgehead atoms. The van der Waals surface area contributed by atoms with Gasteiger partial charge < -0.3 is 24.1 Å². The molecular formula is C35H30O8.